The molecule has 4 rings (SSSR count). The van der Waals surface area contributed by atoms with Crippen LogP contribution >= 0.6 is 0 Å². The highest BCUT2D eigenvalue weighted by Gasteiger charge is 2.70. The van der Waals surface area contributed by atoms with Crippen molar-refractivity contribution < 1.29 is 19.0 Å². The zero-order valence-electron chi connectivity index (χ0n) is 11.8. The van der Waals surface area contributed by atoms with E-state index in [1.54, 1.807) is 0 Å². The first-order chi connectivity index (χ1) is 9.00. The number of hydrogen-bond donors (Lipinski definition) is 0. The van der Waals surface area contributed by atoms with Gasteiger partial charge in [-0.1, -0.05) is 13.8 Å². The quantitative estimate of drug-likeness (QED) is 0.727. The molecule has 0 bridgehead atoms. The van der Waals surface area contributed by atoms with Gasteiger partial charge >= 0.3 is 0 Å². The molecule has 4 fully saturated rings. The summed E-state index contributed by atoms with van der Waals surface area (Å²) in [5, 5.41) is 0. The van der Waals surface area contributed by atoms with Crippen LogP contribution in [0.1, 0.15) is 40.0 Å². The number of rotatable bonds is 4. The van der Waals surface area contributed by atoms with Gasteiger partial charge in [-0.2, -0.15) is 0 Å². The number of fused-ring (bicyclic) bond motifs is 1. The minimum Gasteiger partial charge on any atom is -0.370 e. The van der Waals surface area contributed by atoms with Crippen LogP contribution in [0.4, 0.5) is 0 Å². The Morgan fingerprint density at radius 3 is 2.63 bits per heavy atom. The smallest absolute Gasteiger partial charge is 0.167 e. The average molecular weight is 266 g/mol. The molecule has 3 aliphatic heterocycles. The van der Waals surface area contributed by atoms with E-state index in [2.05, 4.69) is 13.8 Å². The molecule has 3 saturated heterocycles. The zero-order valence-corrected chi connectivity index (χ0v) is 11.8. The molecular formula is C15H22O4. The maximum absolute atomic E-state index is 12.5. The highest BCUT2D eigenvalue weighted by molar-refractivity contribution is 5.89. The number of ether oxygens (including phenoxy) is 3. The lowest BCUT2D eigenvalue weighted by Crippen LogP contribution is -2.31. The first-order valence-electron chi connectivity index (χ1n) is 7.53. The van der Waals surface area contributed by atoms with Crippen LogP contribution in [-0.4, -0.2) is 41.9 Å². The van der Waals surface area contributed by atoms with Gasteiger partial charge in [-0.3, -0.25) is 4.79 Å². The van der Waals surface area contributed by atoms with Crippen LogP contribution in [0.2, 0.25) is 0 Å². The Labute approximate surface area is 113 Å². The van der Waals surface area contributed by atoms with Crippen LogP contribution < -0.4 is 0 Å². The highest BCUT2D eigenvalue weighted by atomic mass is 16.7. The molecule has 1 saturated carbocycles. The molecule has 0 spiro atoms. The van der Waals surface area contributed by atoms with Crippen molar-refractivity contribution in [1.29, 1.82) is 0 Å². The molecule has 19 heavy (non-hydrogen) atoms. The molecular weight excluding hydrogens is 244 g/mol. The Bertz CT molecular complexity index is 420. The van der Waals surface area contributed by atoms with Gasteiger partial charge in [-0.15, -0.1) is 0 Å². The van der Waals surface area contributed by atoms with Gasteiger partial charge in [0.1, 0.15) is 17.8 Å². The number of Topliss-reactive ketones (excluding diaryl/α,β-unsaturated/α-hetero) is 1. The molecule has 7 atom stereocenters. The SMILES string of the molecule is CC(C)C1OC1C1(C)OC1C(=O)C1CCC2OC2C1. The molecule has 3 heterocycles. The predicted octanol–water partition coefficient (Wildman–Crippen LogP) is 1.70. The summed E-state index contributed by atoms with van der Waals surface area (Å²) in [7, 11) is 0. The summed E-state index contributed by atoms with van der Waals surface area (Å²) in [4.78, 5) is 12.5. The van der Waals surface area contributed by atoms with E-state index in [-0.39, 0.29) is 35.6 Å². The Morgan fingerprint density at radius 1 is 1.21 bits per heavy atom. The van der Waals surface area contributed by atoms with Crippen molar-refractivity contribution in [2.24, 2.45) is 11.8 Å². The lowest BCUT2D eigenvalue weighted by atomic mass is 9.82. The Balaban J connectivity index is 1.38. The van der Waals surface area contributed by atoms with Crippen molar-refractivity contribution in [3.8, 4) is 0 Å². The molecule has 0 aromatic carbocycles. The second-order valence-corrected chi connectivity index (χ2v) is 7.07. The number of hydrogen-bond acceptors (Lipinski definition) is 4. The molecule has 106 valence electrons. The van der Waals surface area contributed by atoms with Crippen molar-refractivity contribution in [3.05, 3.63) is 0 Å². The van der Waals surface area contributed by atoms with Crippen LogP contribution in [-0.2, 0) is 19.0 Å². The Hall–Kier alpha value is -0.450. The van der Waals surface area contributed by atoms with Crippen molar-refractivity contribution in [2.45, 2.75) is 76.2 Å². The zero-order chi connectivity index (χ0) is 13.4. The Morgan fingerprint density at radius 2 is 2.00 bits per heavy atom. The monoisotopic (exact) mass is 266 g/mol. The maximum atomic E-state index is 12.5. The normalized spacial score (nSPS) is 54.7. The maximum Gasteiger partial charge on any atom is 0.167 e. The molecule has 0 aromatic rings. The average Bonchev–Trinajstić information content (AvgIpc) is 3.19. The van der Waals surface area contributed by atoms with E-state index in [0.717, 1.165) is 19.3 Å². The molecule has 0 N–H and O–H groups in total. The van der Waals surface area contributed by atoms with Crippen LogP contribution in [0, 0.1) is 11.8 Å². The third kappa shape index (κ3) is 1.88. The highest BCUT2D eigenvalue weighted by Crippen LogP contribution is 2.53. The van der Waals surface area contributed by atoms with Crippen molar-refractivity contribution in [1.82, 2.24) is 0 Å². The number of ketones is 1. The van der Waals surface area contributed by atoms with Gasteiger partial charge in [0, 0.05) is 5.92 Å². The van der Waals surface area contributed by atoms with E-state index < -0.39 is 0 Å². The van der Waals surface area contributed by atoms with E-state index in [1.807, 2.05) is 6.92 Å². The summed E-state index contributed by atoms with van der Waals surface area (Å²) >= 11 is 0. The molecule has 0 aromatic heterocycles. The molecule has 1 aliphatic carbocycles. The van der Waals surface area contributed by atoms with Crippen molar-refractivity contribution in [2.75, 3.05) is 0 Å². The number of epoxide rings is 3. The van der Waals surface area contributed by atoms with Gasteiger partial charge in [0.15, 0.2) is 5.78 Å². The van der Waals surface area contributed by atoms with Gasteiger partial charge in [0.05, 0.1) is 18.3 Å². The molecule has 4 heteroatoms. The summed E-state index contributed by atoms with van der Waals surface area (Å²) < 4.78 is 17.0. The first kappa shape index (κ1) is 12.3. The molecule has 0 radical (unpaired) electrons. The summed E-state index contributed by atoms with van der Waals surface area (Å²) in [6.07, 6.45) is 3.87. The van der Waals surface area contributed by atoms with Gasteiger partial charge < -0.3 is 14.2 Å². The molecule has 7 unspecified atom stereocenters. The van der Waals surface area contributed by atoms with Crippen LogP contribution in [0.25, 0.3) is 0 Å². The fourth-order valence-corrected chi connectivity index (χ4v) is 3.75. The first-order valence-corrected chi connectivity index (χ1v) is 7.53. The second kappa shape index (κ2) is 3.80. The third-order valence-electron chi connectivity index (χ3n) is 5.25. The van der Waals surface area contributed by atoms with Crippen LogP contribution in [0.5, 0.6) is 0 Å². The topological polar surface area (TPSA) is 54.7 Å². The van der Waals surface area contributed by atoms with Crippen molar-refractivity contribution >= 4 is 5.78 Å². The van der Waals surface area contributed by atoms with Crippen molar-refractivity contribution in [3.63, 3.8) is 0 Å². The minimum absolute atomic E-state index is 0.120. The molecule has 4 nitrogen and oxygen atoms in total. The van der Waals surface area contributed by atoms with Gasteiger partial charge in [0.25, 0.3) is 0 Å². The van der Waals surface area contributed by atoms with E-state index in [0.29, 0.717) is 18.1 Å². The molecule has 4 aliphatic rings. The lowest BCUT2D eigenvalue weighted by molar-refractivity contribution is -0.124. The van der Waals surface area contributed by atoms with E-state index in [9.17, 15) is 4.79 Å². The van der Waals surface area contributed by atoms with Crippen LogP contribution in [0.15, 0.2) is 0 Å². The number of carbonyl (C=O) groups is 1. The second-order valence-electron chi connectivity index (χ2n) is 7.07. The summed E-state index contributed by atoms with van der Waals surface area (Å²) in [5.41, 5.74) is -0.354. The van der Waals surface area contributed by atoms with E-state index in [1.165, 1.54) is 0 Å². The lowest BCUT2D eigenvalue weighted by Gasteiger charge is -2.17. The largest absolute Gasteiger partial charge is 0.370 e. The summed E-state index contributed by atoms with van der Waals surface area (Å²) in [6, 6.07) is 0. The minimum atomic E-state index is -0.354. The molecule has 0 amide bonds. The standard InChI is InChI=1S/C15H22O4/c1-7(2)12-14(18-12)15(3)13(19-15)11(16)8-4-5-9-10(6-8)17-9/h7-10,12-14H,4-6H2,1-3H3. The van der Waals surface area contributed by atoms with Crippen LogP contribution in [0.3, 0.4) is 0 Å². The van der Waals surface area contributed by atoms with Gasteiger partial charge in [-0.05, 0) is 32.1 Å². The predicted molar refractivity (Wildman–Crippen MR) is 67.8 cm³/mol. The fourth-order valence-electron chi connectivity index (χ4n) is 3.75. The fraction of sp³-hybridized carbons (Fsp3) is 0.933. The van der Waals surface area contributed by atoms with E-state index >= 15 is 0 Å². The number of carbonyl (C=O) groups excluding carboxylic acids is 1. The summed E-state index contributed by atoms with van der Waals surface area (Å²) in [6.45, 7) is 6.33. The summed E-state index contributed by atoms with van der Waals surface area (Å²) in [5.74, 6) is 0.929. The van der Waals surface area contributed by atoms with E-state index in [4.69, 9.17) is 14.2 Å². The van der Waals surface area contributed by atoms with Gasteiger partial charge in [0.2, 0.25) is 0 Å². The third-order valence-corrected chi connectivity index (χ3v) is 5.25. The Kier molecular flexibility index (Phi) is 2.46. The van der Waals surface area contributed by atoms with Gasteiger partial charge in [-0.25, -0.2) is 0 Å².